The Hall–Kier alpha value is -1.97. The van der Waals surface area contributed by atoms with Gasteiger partial charge in [0.1, 0.15) is 0 Å². The van der Waals surface area contributed by atoms with Crippen LogP contribution in [0.3, 0.4) is 0 Å². The number of carbonyl (C=O) groups excluding carboxylic acids is 2. The van der Waals surface area contributed by atoms with Gasteiger partial charge in [0.25, 0.3) is 0 Å². The highest BCUT2D eigenvalue weighted by atomic mass is 16.6. The zero-order valence-electron chi connectivity index (χ0n) is 6.61. The number of benzene rings is 1. The summed E-state index contributed by atoms with van der Waals surface area (Å²) in [5.74, 6) is -0.666. The second-order valence-corrected chi connectivity index (χ2v) is 2.58. The maximum absolute atomic E-state index is 11.1. The van der Waals surface area contributed by atoms with Gasteiger partial charge in [0.2, 0.25) is 0 Å². The number of nitrogens with zero attached hydrogens (tertiary/aromatic N) is 1. The third-order valence-corrected chi connectivity index (χ3v) is 1.72. The van der Waals surface area contributed by atoms with Crippen LogP contribution in [0.5, 0.6) is 0 Å². The molecule has 0 atom stereocenters. The predicted octanol–water partition coefficient (Wildman–Crippen LogP) is 0.00690. The SMILES string of the molecule is C=c1cccc2c1=NC(=O)OC2=O. The lowest BCUT2D eigenvalue weighted by atomic mass is 10.2. The van der Waals surface area contributed by atoms with E-state index in [4.69, 9.17) is 0 Å². The lowest BCUT2D eigenvalue weighted by molar-refractivity contribution is 0.0623. The van der Waals surface area contributed by atoms with E-state index in [1.807, 2.05) is 0 Å². The lowest BCUT2D eigenvalue weighted by Crippen LogP contribution is -2.36. The minimum absolute atomic E-state index is 0.284. The number of cyclic esters (lactones) is 2. The number of esters is 1. The molecule has 1 aromatic carbocycles. The first-order valence-electron chi connectivity index (χ1n) is 3.61. The first-order valence-corrected chi connectivity index (χ1v) is 3.61. The summed E-state index contributed by atoms with van der Waals surface area (Å²) in [6.07, 6.45) is -0.881. The maximum atomic E-state index is 11.1. The van der Waals surface area contributed by atoms with Crippen molar-refractivity contribution in [3.8, 4) is 0 Å². The van der Waals surface area contributed by atoms with E-state index in [-0.39, 0.29) is 5.56 Å². The van der Waals surface area contributed by atoms with Crippen molar-refractivity contribution in [2.24, 2.45) is 4.99 Å². The lowest BCUT2D eigenvalue weighted by Gasteiger charge is -2.05. The average Bonchev–Trinajstić information content (AvgIpc) is 2.07. The van der Waals surface area contributed by atoms with E-state index in [1.54, 1.807) is 18.2 Å². The van der Waals surface area contributed by atoms with Gasteiger partial charge < -0.3 is 4.74 Å². The number of hydrogen-bond donors (Lipinski definition) is 0. The Bertz CT molecular complexity index is 504. The maximum Gasteiger partial charge on any atom is 0.442 e. The van der Waals surface area contributed by atoms with E-state index in [9.17, 15) is 9.59 Å². The molecular weight excluding hydrogens is 170 g/mol. The molecule has 2 rings (SSSR count). The zero-order valence-corrected chi connectivity index (χ0v) is 6.61. The quantitative estimate of drug-likeness (QED) is 0.412. The first-order chi connectivity index (χ1) is 6.18. The van der Waals surface area contributed by atoms with Crippen LogP contribution < -0.4 is 10.6 Å². The van der Waals surface area contributed by atoms with Gasteiger partial charge in [-0.25, -0.2) is 9.59 Å². The fourth-order valence-corrected chi connectivity index (χ4v) is 1.14. The van der Waals surface area contributed by atoms with Crippen LogP contribution in [0, 0.1) is 0 Å². The Labute approximate surface area is 73.2 Å². The zero-order chi connectivity index (χ0) is 9.42. The second kappa shape index (κ2) is 2.52. The predicted molar refractivity (Wildman–Crippen MR) is 43.6 cm³/mol. The highest BCUT2D eigenvalue weighted by molar-refractivity contribution is 5.98. The molecule has 4 heteroatoms. The molecule has 1 heterocycles. The van der Waals surface area contributed by atoms with Gasteiger partial charge in [0, 0.05) is 0 Å². The van der Waals surface area contributed by atoms with Crippen LogP contribution in [0.2, 0.25) is 0 Å². The Kier molecular flexibility index (Phi) is 1.48. The van der Waals surface area contributed by atoms with Crippen molar-refractivity contribution in [2.75, 3.05) is 0 Å². The second-order valence-electron chi connectivity index (χ2n) is 2.58. The van der Waals surface area contributed by atoms with E-state index in [0.29, 0.717) is 10.6 Å². The van der Waals surface area contributed by atoms with Gasteiger partial charge in [-0.15, -0.1) is 0 Å². The molecule has 0 N–H and O–H groups in total. The summed E-state index contributed by atoms with van der Waals surface area (Å²) in [7, 11) is 0. The molecule has 13 heavy (non-hydrogen) atoms. The van der Waals surface area contributed by atoms with Crippen molar-refractivity contribution < 1.29 is 14.3 Å². The third-order valence-electron chi connectivity index (χ3n) is 1.72. The summed E-state index contributed by atoms with van der Waals surface area (Å²) in [4.78, 5) is 25.4. The number of para-hydroxylation sites is 1. The van der Waals surface area contributed by atoms with Gasteiger partial charge in [-0.1, -0.05) is 18.7 Å². The van der Waals surface area contributed by atoms with Crippen molar-refractivity contribution in [2.45, 2.75) is 0 Å². The standard InChI is InChI=1S/C9H5NO3/c1-5-3-2-4-6-7(5)10-9(12)13-8(6)11/h2-4H,1H2. The van der Waals surface area contributed by atoms with Crippen molar-refractivity contribution in [3.63, 3.8) is 0 Å². The van der Waals surface area contributed by atoms with Gasteiger partial charge in [-0.3, -0.25) is 0 Å². The van der Waals surface area contributed by atoms with Gasteiger partial charge in [0.15, 0.2) is 0 Å². The van der Waals surface area contributed by atoms with Crippen molar-refractivity contribution >= 4 is 18.6 Å². The van der Waals surface area contributed by atoms with E-state index < -0.39 is 12.1 Å². The number of amides is 1. The van der Waals surface area contributed by atoms with Gasteiger partial charge >= 0.3 is 12.1 Å². The smallest absolute Gasteiger partial charge is 0.371 e. The molecule has 0 saturated carbocycles. The van der Waals surface area contributed by atoms with Gasteiger partial charge in [0.05, 0.1) is 10.9 Å². The fourth-order valence-electron chi connectivity index (χ4n) is 1.14. The molecule has 0 saturated heterocycles. The van der Waals surface area contributed by atoms with Crippen molar-refractivity contribution in [1.29, 1.82) is 0 Å². The number of ether oxygens (including phenoxy) is 1. The van der Waals surface area contributed by atoms with Crippen molar-refractivity contribution in [1.82, 2.24) is 0 Å². The number of hydrogen-bond acceptors (Lipinski definition) is 3. The van der Waals surface area contributed by atoms with Crippen molar-refractivity contribution in [3.05, 3.63) is 34.3 Å². The summed E-state index contributed by atoms with van der Waals surface area (Å²) in [6, 6.07) is 4.88. The normalized spacial score (nSPS) is 14.5. The Morgan fingerprint density at radius 1 is 1.31 bits per heavy atom. The molecule has 0 fully saturated rings. The highest BCUT2D eigenvalue weighted by Crippen LogP contribution is 1.99. The molecule has 0 spiro atoms. The summed E-state index contributed by atoms with van der Waals surface area (Å²) in [6.45, 7) is 3.65. The molecule has 0 aromatic heterocycles. The van der Waals surface area contributed by atoms with E-state index in [1.165, 1.54) is 0 Å². The molecule has 0 bridgehead atoms. The largest absolute Gasteiger partial charge is 0.442 e. The number of fused-ring (bicyclic) bond motifs is 1. The minimum atomic E-state index is -0.881. The Morgan fingerprint density at radius 3 is 2.85 bits per heavy atom. The summed E-state index contributed by atoms with van der Waals surface area (Å²) in [5, 5.41) is 0.853. The van der Waals surface area contributed by atoms with Crippen LogP contribution in [0.1, 0.15) is 10.4 Å². The molecule has 1 aliphatic heterocycles. The summed E-state index contributed by atoms with van der Waals surface area (Å²) < 4.78 is 4.30. The van der Waals surface area contributed by atoms with Crippen LogP contribution in [0.4, 0.5) is 4.79 Å². The first kappa shape index (κ1) is 7.67. The topological polar surface area (TPSA) is 55.7 Å². The molecule has 0 aliphatic carbocycles. The van der Waals surface area contributed by atoms with Crippen LogP contribution >= 0.6 is 0 Å². The van der Waals surface area contributed by atoms with E-state index in [0.717, 1.165) is 0 Å². The fraction of sp³-hybridized carbons (Fsp3) is 0. The van der Waals surface area contributed by atoms with Gasteiger partial charge in [-0.05, 0) is 11.3 Å². The van der Waals surface area contributed by atoms with Crippen LogP contribution in [-0.4, -0.2) is 12.1 Å². The molecule has 0 unspecified atom stereocenters. The molecule has 4 nitrogen and oxygen atoms in total. The molecule has 1 aliphatic rings. The molecule has 1 amide bonds. The van der Waals surface area contributed by atoms with Crippen LogP contribution in [0.15, 0.2) is 23.2 Å². The van der Waals surface area contributed by atoms with Crippen LogP contribution in [0.25, 0.3) is 6.58 Å². The van der Waals surface area contributed by atoms with E-state index >= 15 is 0 Å². The van der Waals surface area contributed by atoms with E-state index in [2.05, 4.69) is 16.3 Å². The molecular formula is C9H5NO3. The minimum Gasteiger partial charge on any atom is -0.371 e. The average molecular weight is 175 g/mol. The van der Waals surface area contributed by atoms with Gasteiger partial charge in [-0.2, -0.15) is 4.99 Å². The Balaban J connectivity index is 2.90. The molecule has 1 aromatic rings. The molecule has 0 radical (unpaired) electrons. The monoisotopic (exact) mass is 175 g/mol. The summed E-state index contributed by atoms with van der Waals surface area (Å²) in [5.41, 5.74) is 0.284. The number of rotatable bonds is 0. The number of carbonyl (C=O) groups is 2. The third kappa shape index (κ3) is 1.12. The Morgan fingerprint density at radius 2 is 2.08 bits per heavy atom. The molecule has 64 valence electrons. The highest BCUT2D eigenvalue weighted by Gasteiger charge is 2.19. The van der Waals surface area contributed by atoms with Crippen LogP contribution in [-0.2, 0) is 4.74 Å². The summed E-state index contributed by atoms with van der Waals surface area (Å²) >= 11 is 0.